The molecular formula is C25H25N3O3S. The average Bonchev–Trinajstić information content (AvgIpc) is 3.02. The highest BCUT2D eigenvalue weighted by molar-refractivity contribution is 7.99. The van der Waals surface area contributed by atoms with Crippen LogP contribution >= 0.6 is 11.8 Å². The van der Waals surface area contributed by atoms with Crippen molar-refractivity contribution in [3.63, 3.8) is 0 Å². The molecule has 4 rings (SSSR count). The van der Waals surface area contributed by atoms with E-state index in [1.54, 1.807) is 55.6 Å². The number of hydrogen-bond donors (Lipinski definition) is 2. The van der Waals surface area contributed by atoms with Crippen molar-refractivity contribution in [2.24, 2.45) is 0 Å². The molecule has 2 amide bonds. The highest BCUT2D eigenvalue weighted by Gasteiger charge is 2.18. The quantitative estimate of drug-likeness (QED) is 0.563. The minimum atomic E-state index is -0.216. The number of ether oxygens (including phenoxy) is 1. The number of carbonyl (C=O) groups excluding carboxylic acids is 2. The normalized spacial score (nSPS) is 13.0. The van der Waals surface area contributed by atoms with Gasteiger partial charge in [0, 0.05) is 28.4 Å². The molecule has 0 spiro atoms. The van der Waals surface area contributed by atoms with Gasteiger partial charge in [0.25, 0.3) is 5.91 Å². The second kappa shape index (κ2) is 10.2. The van der Waals surface area contributed by atoms with Gasteiger partial charge in [0.2, 0.25) is 5.91 Å². The first kappa shape index (κ1) is 21.8. The molecule has 2 N–H and O–H groups in total. The Bertz CT molecular complexity index is 1080. The molecule has 6 nitrogen and oxygen atoms in total. The van der Waals surface area contributed by atoms with E-state index in [0.29, 0.717) is 16.9 Å². The maximum absolute atomic E-state index is 12.7. The van der Waals surface area contributed by atoms with Crippen LogP contribution in [0.2, 0.25) is 0 Å². The van der Waals surface area contributed by atoms with Gasteiger partial charge in [-0.25, -0.2) is 0 Å². The lowest BCUT2D eigenvalue weighted by molar-refractivity contribution is -0.115. The molecule has 3 aromatic carbocycles. The van der Waals surface area contributed by atoms with Crippen LogP contribution in [0.3, 0.4) is 0 Å². The Morgan fingerprint density at radius 3 is 2.38 bits per heavy atom. The van der Waals surface area contributed by atoms with Crippen molar-refractivity contribution in [3.8, 4) is 5.75 Å². The molecule has 0 aliphatic carbocycles. The largest absolute Gasteiger partial charge is 0.497 e. The number of anilines is 3. The van der Waals surface area contributed by atoms with Gasteiger partial charge in [0.15, 0.2) is 0 Å². The van der Waals surface area contributed by atoms with Crippen LogP contribution in [0.5, 0.6) is 5.75 Å². The number of hydrogen-bond acceptors (Lipinski definition) is 5. The molecule has 0 saturated heterocycles. The van der Waals surface area contributed by atoms with E-state index in [2.05, 4.69) is 27.7 Å². The van der Waals surface area contributed by atoms with Crippen LogP contribution in [0.15, 0.2) is 77.7 Å². The summed E-state index contributed by atoms with van der Waals surface area (Å²) in [6.45, 7) is 1.14. The highest BCUT2D eigenvalue weighted by atomic mass is 32.2. The third-order valence-electron chi connectivity index (χ3n) is 5.15. The molecule has 0 unspecified atom stereocenters. The molecule has 1 heterocycles. The third kappa shape index (κ3) is 5.42. The zero-order valence-electron chi connectivity index (χ0n) is 17.8. The SMILES string of the molecule is COc1ccc(NC(=O)c2ccc(NC(=O)CN3CCCSc4ccccc43)cc2)cc1. The number of rotatable bonds is 6. The Kier molecular flexibility index (Phi) is 6.97. The zero-order valence-corrected chi connectivity index (χ0v) is 18.7. The predicted molar refractivity (Wildman–Crippen MR) is 130 cm³/mol. The van der Waals surface area contributed by atoms with Gasteiger partial charge in [-0.05, 0) is 72.8 Å². The number of thioether (sulfide) groups is 1. The van der Waals surface area contributed by atoms with Crippen molar-refractivity contribution in [2.75, 3.05) is 41.5 Å². The third-order valence-corrected chi connectivity index (χ3v) is 6.30. The molecule has 1 aliphatic heterocycles. The van der Waals surface area contributed by atoms with Gasteiger partial charge >= 0.3 is 0 Å². The molecule has 0 atom stereocenters. The van der Waals surface area contributed by atoms with Crippen LogP contribution < -0.4 is 20.3 Å². The summed E-state index contributed by atoms with van der Waals surface area (Å²) < 4.78 is 5.12. The summed E-state index contributed by atoms with van der Waals surface area (Å²) in [5.74, 6) is 1.48. The molecule has 7 heteroatoms. The lowest BCUT2D eigenvalue weighted by Gasteiger charge is -2.23. The molecule has 32 heavy (non-hydrogen) atoms. The molecule has 0 fully saturated rings. The second-order valence-corrected chi connectivity index (χ2v) is 8.54. The lowest BCUT2D eigenvalue weighted by atomic mass is 10.2. The summed E-state index contributed by atoms with van der Waals surface area (Å²) in [4.78, 5) is 28.5. The summed E-state index contributed by atoms with van der Waals surface area (Å²) >= 11 is 1.83. The molecule has 0 aromatic heterocycles. The number of methoxy groups -OCH3 is 1. The first-order chi connectivity index (χ1) is 15.6. The number of nitrogens with one attached hydrogen (secondary N) is 2. The van der Waals surface area contributed by atoms with Gasteiger partial charge in [-0.3, -0.25) is 9.59 Å². The second-order valence-electron chi connectivity index (χ2n) is 7.40. The molecule has 0 bridgehead atoms. The smallest absolute Gasteiger partial charge is 0.255 e. The molecule has 3 aromatic rings. The molecule has 0 radical (unpaired) electrons. The maximum atomic E-state index is 12.7. The van der Waals surface area contributed by atoms with Gasteiger partial charge in [-0.15, -0.1) is 11.8 Å². The van der Waals surface area contributed by atoms with E-state index in [0.717, 1.165) is 30.2 Å². The average molecular weight is 448 g/mol. The van der Waals surface area contributed by atoms with E-state index in [-0.39, 0.29) is 18.4 Å². The van der Waals surface area contributed by atoms with Gasteiger partial charge < -0.3 is 20.3 Å². The van der Waals surface area contributed by atoms with E-state index in [1.165, 1.54) is 4.90 Å². The van der Waals surface area contributed by atoms with E-state index in [1.807, 2.05) is 23.9 Å². The number of benzene rings is 3. The predicted octanol–water partition coefficient (Wildman–Crippen LogP) is 4.89. The summed E-state index contributed by atoms with van der Waals surface area (Å²) in [5.41, 5.74) is 2.96. The number of amides is 2. The van der Waals surface area contributed by atoms with Crippen LogP contribution in [0.25, 0.3) is 0 Å². The number of para-hydroxylation sites is 1. The standard InChI is InChI=1S/C25H25N3O3S/c1-31-21-13-11-20(12-14-21)27-25(30)18-7-9-19(10-8-18)26-24(29)17-28-15-4-16-32-23-6-3-2-5-22(23)28/h2-3,5-14H,4,15-17H2,1H3,(H,26,29)(H,27,30). The highest BCUT2D eigenvalue weighted by Crippen LogP contribution is 2.33. The van der Waals surface area contributed by atoms with Crippen LogP contribution in [-0.4, -0.2) is 37.8 Å². The monoisotopic (exact) mass is 447 g/mol. The van der Waals surface area contributed by atoms with Gasteiger partial charge in [0.05, 0.1) is 19.3 Å². The van der Waals surface area contributed by atoms with Crippen LogP contribution in [0.1, 0.15) is 16.8 Å². The maximum Gasteiger partial charge on any atom is 0.255 e. The van der Waals surface area contributed by atoms with E-state index < -0.39 is 0 Å². The number of carbonyl (C=O) groups is 2. The first-order valence-electron chi connectivity index (χ1n) is 10.4. The lowest BCUT2D eigenvalue weighted by Crippen LogP contribution is -2.34. The summed E-state index contributed by atoms with van der Waals surface area (Å²) in [7, 11) is 1.60. The van der Waals surface area contributed by atoms with Crippen molar-refractivity contribution >= 4 is 40.6 Å². The number of nitrogens with zero attached hydrogens (tertiary/aromatic N) is 1. The van der Waals surface area contributed by atoms with E-state index >= 15 is 0 Å². The van der Waals surface area contributed by atoms with Crippen molar-refractivity contribution in [2.45, 2.75) is 11.3 Å². The van der Waals surface area contributed by atoms with Crippen LogP contribution in [0, 0.1) is 0 Å². The van der Waals surface area contributed by atoms with Crippen LogP contribution in [-0.2, 0) is 4.79 Å². The van der Waals surface area contributed by atoms with Gasteiger partial charge in [0.1, 0.15) is 5.75 Å². The van der Waals surface area contributed by atoms with Gasteiger partial charge in [-0.2, -0.15) is 0 Å². The van der Waals surface area contributed by atoms with Crippen molar-refractivity contribution in [1.29, 1.82) is 0 Å². The summed E-state index contributed by atoms with van der Waals surface area (Å²) in [6.07, 6.45) is 1.03. The van der Waals surface area contributed by atoms with Crippen LogP contribution in [0.4, 0.5) is 17.1 Å². The van der Waals surface area contributed by atoms with Crippen molar-refractivity contribution < 1.29 is 14.3 Å². The zero-order chi connectivity index (χ0) is 22.3. The fraction of sp³-hybridized carbons (Fsp3) is 0.200. The van der Waals surface area contributed by atoms with E-state index in [4.69, 9.17) is 4.74 Å². The van der Waals surface area contributed by atoms with E-state index in [9.17, 15) is 9.59 Å². The fourth-order valence-corrected chi connectivity index (χ4v) is 4.53. The Labute approximate surface area is 192 Å². The van der Waals surface area contributed by atoms with Gasteiger partial charge in [-0.1, -0.05) is 12.1 Å². The summed E-state index contributed by atoms with van der Waals surface area (Å²) in [6, 6.07) is 22.2. The minimum Gasteiger partial charge on any atom is -0.497 e. The molecule has 164 valence electrons. The van der Waals surface area contributed by atoms with Crippen molar-refractivity contribution in [1.82, 2.24) is 0 Å². The fourth-order valence-electron chi connectivity index (χ4n) is 3.52. The number of fused-ring (bicyclic) bond motifs is 1. The Morgan fingerprint density at radius 1 is 0.938 bits per heavy atom. The first-order valence-corrected chi connectivity index (χ1v) is 11.4. The Morgan fingerprint density at radius 2 is 1.62 bits per heavy atom. The molecular weight excluding hydrogens is 422 g/mol. The molecule has 0 saturated carbocycles. The Hall–Kier alpha value is -3.45. The summed E-state index contributed by atoms with van der Waals surface area (Å²) in [5, 5.41) is 5.78. The topological polar surface area (TPSA) is 70.7 Å². The van der Waals surface area contributed by atoms with Crippen molar-refractivity contribution in [3.05, 3.63) is 78.4 Å². The Balaban J connectivity index is 1.35. The minimum absolute atomic E-state index is 0.0814. The molecule has 1 aliphatic rings.